The molecule has 0 aromatic heterocycles. The number of aliphatic hydroxyl groups is 1. The average molecular weight is 519 g/mol. The molecule has 9 nitrogen and oxygen atoms in total. The zero-order valence-electron chi connectivity index (χ0n) is 23.8. The van der Waals surface area contributed by atoms with Gasteiger partial charge in [0.15, 0.2) is 12.2 Å². The Labute approximate surface area is 217 Å². The number of aliphatic hydroxyl groups excluding tert-OH is 1. The van der Waals surface area contributed by atoms with Gasteiger partial charge < -0.3 is 14.6 Å². The van der Waals surface area contributed by atoms with Crippen molar-refractivity contribution in [3.63, 3.8) is 0 Å². The predicted octanol–water partition coefficient (Wildman–Crippen LogP) is 5.21. The van der Waals surface area contributed by atoms with Crippen LogP contribution in [0.25, 0.3) is 0 Å². The van der Waals surface area contributed by atoms with Gasteiger partial charge in [0.25, 0.3) is 0 Å². The van der Waals surface area contributed by atoms with Crippen molar-refractivity contribution in [2.45, 2.75) is 155 Å². The molecule has 6 atom stereocenters. The third-order valence-electron chi connectivity index (χ3n) is 6.83. The Morgan fingerprint density at radius 3 is 1.53 bits per heavy atom. The fourth-order valence-corrected chi connectivity index (χ4v) is 3.48. The smallest absolute Gasteiger partial charge is 0.306 e. The minimum atomic E-state index is -1.39. The maximum Gasteiger partial charge on any atom is 0.306 e. The third-order valence-corrected chi connectivity index (χ3v) is 6.83. The minimum absolute atomic E-state index is 0.198. The molecule has 212 valence electrons. The van der Waals surface area contributed by atoms with Crippen LogP contribution in [-0.2, 0) is 38.6 Å². The van der Waals surface area contributed by atoms with Crippen molar-refractivity contribution in [2.24, 2.45) is 5.92 Å². The molecule has 0 saturated heterocycles. The maximum atomic E-state index is 12.6. The highest BCUT2D eigenvalue weighted by Gasteiger charge is 2.55. The fraction of sp³-hybridized carbons (Fsp3) is 0.926. The fourth-order valence-electron chi connectivity index (χ4n) is 3.48. The second kappa shape index (κ2) is 15.2. The molecule has 1 aliphatic carbocycles. The normalized spacial score (nSPS) is 27.1. The van der Waals surface area contributed by atoms with E-state index in [0.29, 0.717) is 25.7 Å². The van der Waals surface area contributed by atoms with Gasteiger partial charge in [0.2, 0.25) is 0 Å². The largest absolute Gasteiger partial charge is 0.458 e. The summed E-state index contributed by atoms with van der Waals surface area (Å²) in [5.41, 5.74) is -1.23. The molecule has 9 heteroatoms. The van der Waals surface area contributed by atoms with Crippen LogP contribution in [0, 0.1) is 5.92 Å². The number of rotatable bonds is 16. The molecule has 0 aliphatic heterocycles. The van der Waals surface area contributed by atoms with E-state index in [9.17, 15) is 14.7 Å². The zero-order chi connectivity index (χ0) is 27.5. The van der Waals surface area contributed by atoms with Crippen LogP contribution in [0.5, 0.6) is 0 Å². The Morgan fingerprint density at radius 1 is 0.694 bits per heavy atom. The van der Waals surface area contributed by atoms with Crippen LogP contribution in [0.2, 0.25) is 0 Å². The lowest BCUT2D eigenvalue weighted by Crippen LogP contribution is -2.64. The van der Waals surface area contributed by atoms with E-state index in [-0.39, 0.29) is 12.8 Å². The highest BCUT2D eigenvalue weighted by molar-refractivity contribution is 5.70. The molecule has 6 unspecified atom stereocenters. The van der Waals surface area contributed by atoms with Gasteiger partial charge in [-0.05, 0) is 53.4 Å². The van der Waals surface area contributed by atoms with Crippen LogP contribution in [-0.4, -0.2) is 58.8 Å². The van der Waals surface area contributed by atoms with Gasteiger partial charge in [0.05, 0.1) is 11.2 Å². The molecule has 0 aromatic carbocycles. The van der Waals surface area contributed by atoms with Crippen LogP contribution in [0.3, 0.4) is 0 Å². The molecule has 0 aromatic rings. The summed E-state index contributed by atoms with van der Waals surface area (Å²) in [5, 5.41) is 11.4. The van der Waals surface area contributed by atoms with Crippen molar-refractivity contribution < 1.29 is 43.7 Å². The first-order chi connectivity index (χ1) is 16.8. The second-order valence-electron chi connectivity index (χ2n) is 11.0. The van der Waals surface area contributed by atoms with Crippen molar-refractivity contribution in [2.75, 3.05) is 0 Å². The van der Waals surface area contributed by atoms with Crippen molar-refractivity contribution in [1.29, 1.82) is 0 Å². The third kappa shape index (κ3) is 10.2. The van der Waals surface area contributed by atoms with Crippen LogP contribution in [0.4, 0.5) is 0 Å². The number of carbonyl (C=O) groups is 2. The molecule has 1 saturated carbocycles. The van der Waals surface area contributed by atoms with Gasteiger partial charge in [-0.25, -0.2) is 19.6 Å². The Kier molecular flexibility index (Phi) is 13.9. The van der Waals surface area contributed by atoms with Crippen LogP contribution >= 0.6 is 0 Å². The number of ether oxygens (including phenoxy) is 2. The number of esters is 2. The number of hydrogen-bond donors (Lipinski definition) is 1. The summed E-state index contributed by atoms with van der Waals surface area (Å²) in [6, 6.07) is 0. The molecule has 1 aliphatic rings. The van der Waals surface area contributed by atoms with E-state index in [0.717, 1.165) is 12.8 Å². The Bertz CT molecular complexity index is 608. The maximum absolute atomic E-state index is 12.6. The van der Waals surface area contributed by atoms with Gasteiger partial charge in [-0.3, -0.25) is 9.59 Å². The summed E-state index contributed by atoms with van der Waals surface area (Å²) in [7, 11) is 0. The first-order valence-corrected chi connectivity index (χ1v) is 13.6. The highest BCUT2D eigenvalue weighted by Crippen LogP contribution is 2.36. The molecule has 0 spiro atoms. The van der Waals surface area contributed by atoms with Crippen molar-refractivity contribution in [3.8, 4) is 0 Å². The molecule has 1 fully saturated rings. The van der Waals surface area contributed by atoms with Crippen molar-refractivity contribution >= 4 is 11.9 Å². The lowest BCUT2D eigenvalue weighted by molar-refractivity contribution is -0.458. The number of carbonyl (C=O) groups excluding carboxylic acids is 2. The van der Waals surface area contributed by atoms with Crippen molar-refractivity contribution in [1.82, 2.24) is 0 Å². The second-order valence-corrected chi connectivity index (χ2v) is 11.0. The number of hydrogen-bond acceptors (Lipinski definition) is 9. The van der Waals surface area contributed by atoms with E-state index >= 15 is 0 Å². The lowest BCUT2D eigenvalue weighted by atomic mass is 9.79. The van der Waals surface area contributed by atoms with Crippen LogP contribution < -0.4 is 0 Å². The van der Waals surface area contributed by atoms with E-state index in [1.54, 1.807) is 6.92 Å². The first-order valence-electron chi connectivity index (χ1n) is 13.6. The average Bonchev–Trinajstić information content (AvgIpc) is 2.83. The Hall–Kier alpha value is -1.26. The van der Waals surface area contributed by atoms with Gasteiger partial charge in [-0.15, -0.1) is 0 Å². The highest BCUT2D eigenvalue weighted by atomic mass is 17.2. The standard InChI is InChI=1S/C27H50O9/c1-10-14-16-19(28)31-22-18(5)23(33-35-26(6,7)12-3)25(34-36-27(8,9)13-4)21(30)24(22)32-20(29)17-15-11-2/h18,21-25,30H,10-17H2,1-9H3. The summed E-state index contributed by atoms with van der Waals surface area (Å²) in [5.74, 6) is -1.44. The number of unbranched alkanes of at least 4 members (excludes halogenated alkanes) is 2. The van der Waals surface area contributed by atoms with Gasteiger partial charge in [0, 0.05) is 18.8 Å². The molecule has 1 rings (SSSR count). The van der Waals surface area contributed by atoms with Crippen LogP contribution in [0.1, 0.15) is 114 Å². The molecule has 0 amide bonds. The Balaban J connectivity index is 3.31. The predicted molar refractivity (Wildman–Crippen MR) is 135 cm³/mol. The van der Waals surface area contributed by atoms with Gasteiger partial charge in [0.1, 0.15) is 18.3 Å². The van der Waals surface area contributed by atoms with E-state index in [4.69, 9.17) is 29.0 Å². The van der Waals surface area contributed by atoms with Gasteiger partial charge in [-0.2, -0.15) is 0 Å². The monoisotopic (exact) mass is 518 g/mol. The molecular weight excluding hydrogens is 468 g/mol. The molecule has 1 N–H and O–H groups in total. The van der Waals surface area contributed by atoms with Crippen LogP contribution in [0.15, 0.2) is 0 Å². The molecule has 36 heavy (non-hydrogen) atoms. The van der Waals surface area contributed by atoms with E-state index in [2.05, 4.69) is 0 Å². The summed E-state index contributed by atoms with van der Waals surface area (Å²) in [4.78, 5) is 48.2. The van der Waals surface area contributed by atoms with Gasteiger partial charge >= 0.3 is 11.9 Å². The summed E-state index contributed by atoms with van der Waals surface area (Å²) in [6.45, 7) is 17.1. The molecule has 0 radical (unpaired) electrons. The van der Waals surface area contributed by atoms with Crippen molar-refractivity contribution in [3.05, 3.63) is 0 Å². The topological polar surface area (TPSA) is 110 Å². The van der Waals surface area contributed by atoms with E-state index in [1.165, 1.54) is 0 Å². The Morgan fingerprint density at radius 2 is 1.11 bits per heavy atom. The zero-order valence-corrected chi connectivity index (χ0v) is 23.8. The lowest BCUT2D eigenvalue weighted by Gasteiger charge is -2.46. The van der Waals surface area contributed by atoms with E-state index in [1.807, 2.05) is 55.4 Å². The summed E-state index contributed by atoms with van der Waals surface area (Å²) < 4.78 is 11.5. The summed E-state index contributed by atoms with van der Waals surface area (Å²) in [6.07, 6.45) is -0.686. The molecule has 0 bridgehead atoms. The first kappa shape index (κ1) is 32.8. The summed E-state index contributed by atoms with van der Waals surface area (Å²) >= 11 is 0. The quantitative estimate of drug-likeness (QED) is 0.167. The SMILES string of the molecule is CCCCC(=O)OC1C(C)C(OOC(C)(C)CC)C(OOC(C)(C)CC)C(O)C1OC(=O)CCCC. The minimum Gasteiger partial charge on any atom is -0.458 e. The van der Waals surface area contributed by atoms with E-state index < -0.39 is 59.6 Å². The molecule has 0 heterocycles. The molecular formula is C27H50O9. The van der Waals surface area contributed by atoms with Gasteiger partial charge in [-0.1, -0.05) is 47.5 Å².